The van der Waals surface area contributed by atoms with Crippen molar-refractivity contribution < 1.29 is 4.52 Å². The van der Waals surface area contributed by atoms with Crippen LogP contribution in [0.15, 0.2) is 16.8 Å². The number of hydrogen-bond donors (Lipinski definition) is 2. The van der Waals surface area contributed by atoms with E-state index in [9.17, 15) is 0 Å². The van der Waals surface area contributed by atoms with Crippen molar-refractivity contribution in [3.05, 3.63) is 29.3 Å². The molecule has 0 amide bonds. The highest BCUT2D eigenvalue weighted by Gasteiger charge is 2.08. The van der Waals surface area contributed by atoms with Crippen LogP contribution in [0.2, 0.25) is 0 Å². The maximum absolute atomic E-state index is 5.19. The Hall–Kier alpha value is -1.78. The monoisotopic (exact) mass is 220 g/mol. The average molecular weight is 220 g/mol. The molecule has 5 nitrogen and oxygen atoms in total. The van der Waals surface area contributed by atoms with Crippen molar-refractivity contribution in [3.8, 4) is 0 Å². The zero-order chi connectivity index (χ0) is 11.5. The molecule has 2 rings (SSSR count). The summed E-state index contributed by atoms with van der Waals surface area (Å²) in [6, 6.07) is 1.93. The third-order valence-corrected chi connectivity index (χ3v) is 2.49. The predicted octanol–water partition coefficient (Wildman–Crippen LogP) is 2.44. The van der Waals surface area contributed by atoms with Gasteiger partial charge in [0.25, 0.3) is 0 Å². The summed E-state index contributed by atoms with van der Waals surface area (Å²) in [5.74, 6) is 2.02. The SMILES string of the molecule is Cc1[nH]ncc1CNc1cc(C(C)C)on1. The number of aromatic amines is 1. The van der Waals surface area contributed by atoms with Gasteiger partial charge in [-0.2, -0.15) is 5.10 Å². The summed E-state index contributed by atoms with van der Waals surface area (Å²) in [4.78, 5) is 0. The molecule has 0 aromatic carbocycles. The lowest BCUT2D eigenvalue weighted by molar-refractivity contribution is 0.373. The molecule has 2 N–H and O–H groups in total. The Morgan fingerprint density at radius 2 is 2.31 bits per heavy atom. The first kappa shape index (κ1) is 10.7. The van der Waals surface area contributed by atoms with Crippen LogP contribution in [0.25, 0.3) is 0 Å². The minimum absolute atomic E-state index is 0.360. The van der Waals surface area contributed by atoms with Crippen molar-refractivity contribution >= 4 is 5.82 Å². The Labute approximate surface area is 94.2 Å². The minimum atomic E-state index is 0.360. The van der Waals surface area contributed by atoms with Crippen LogP contribution < -0.4 is 5.32 Å². The standard InChI is InChI=1S/C11H16N4O/c1-7(2)10-4-11(15-16-10)12-5-9-6-13-14-8(9)3/h4,6-7H,5H2,1-3H3,(H,12,15)(H,13,14). The molecule has 2 heterocycles. The Bertz CT molecular complexity index is 458. The van der Waals surface area contributed by atoms with E-state index >= 15 is 0 Å². The summed E-state index contributed by atoms with van der Waals surface area (Å²) < 4.78 is 5.19. The maximum atomic E-state index is 5.19. The zero-order valence-electron chi connectivity index (χ0n) is 9.74. The molecule has 2 aromatic rings. The second-order valence-corrected chi connectivity index (χ2v) is 4.14. The minimum Gasteiger partial charge on any atom is -0.363 e. The van der Waals surface area contributed by atoms with Gasteiger partial charge >= 0.3 is 0 Å². The van der Waals surface area contributed by atoms with Crippen LogP contribution in [-0.4, -0.2) is 15.4 Å². The number of aromatic nitrogens is 3. The van der Waals surface area contributed by atoms with E-state index in [2.05, 4.69) is 34.5 Å². The number of hydrogen-bond acceptors (Lipinski definition) is 4. The average Bonchev–Trinajstić information content (AvgIpc) is 2.83. The van der Waals surface area contributed by atoms with Gasteiger partial charge in [0.2, 0.25) is 0 Å². The fraction of sp³-hybridized carbons (Fsp3) is 0.455. The number of anilines is 1. The van der Waals surface area contributed by atoms with Gasteiger partial charge in [-0.1, -0.05) is 19.0 Å². The maximum Gasteiger partial charge on any atom is 0.169 e. The lowest BCUT2D eigenvalue weighted by atomic mass is 10.1. The van der Waals surface area contributed by atoms with Gasteiger partial charge in [-0.05, 0) is 6.92 Å². The summed E-state index contributed by atoms with van der Waals surface area (Å²) >= 11 is 0. The fourth-order valence-corrected chi connectivity index (χ4v) is 1.38. The van der Waals surface area contributed by atoms with E-state index in [1.165, 1.54) is 0 Å². The van der Waals surface area contributed by atoms with Gasteiger partial charge < -0.3 is 9.84 Å². The zero-order valence-corrected chi connectivity index (χ0v) is 9.74. The van der Waals surface area contributed by atoms with Gasteiger partial charge in [0.05, 0.1) is 6.20 Å². The highest BCUT2D eigenvalue weighted by atomic mass is 16.5. The molecule has 0 aliphatic rings. The normalized spacial score (nSPS) is 11.0. The molecule has 0 saturated heterocycles. The van der Waals surface area contributed by atoms with Crippen LogP contribution in [0, 0.1) is 6.92 Å². The quantitative estimate of drug-likeness (QED) is 0.830. The number of nitrogens with one attached hydrogen (secondary N) is 2. The van der Waals surface area contributed by atoms with Crippen molar-refractivity contribution in [1.82, 2.24) is 15.4 Å². The van der Waals surface area contributed by atoms with Crippen LogP contribution in [0.4, 0.5) is 5.82 Å². The van der Waals surface area contributed by atoms with E-state index in [4.69, 9.17) is 4.52 Å². The Morgan fingerprint density at radius 1 is 1.50 bits per heavy atom. The molecule has 0 spiro atoms. The summed E-state index contributed by atoms with van der Waals surface area (Å²) in [5.41, 5.74) is 2.20. The van der Waals surface area contributed by atoms with Crippen molar-refractivity contribution in [1.29, 1.82) is 0 Å². The summed E-state index contributed by atoms with van der Waals surface area (Å²) in [5, 5.41) is 14.0. The van der Waals surface area contributed by atoms with Gasteiger partial charge in [0.1, 0.15) is 5.76 Å². The van der Waals surface area contributed by atoms with Crippen molar-refractivity contribution in [2.75, 3.05) is 5.32 Å². The summed E-state index contributed by atoms with van der Waals surface area (Å²) in [7, 11) is 0. The summed E-state index contributed by atoms with van der Waals surface area (Å²) in [6.45, 7) is 6.84. The molecule has 0 radical (unpaired) electrons. The molecule has 5 heteroatoms. The van der Waals surface area contributed by atoms with Crippen LogP contribution in [0.1, 0.15) is 36.8 Å². The molecular formula is C11H16N4O. The molecule has 0 aliphatic heterocycles. The molecule has 0 unspecified atom stereocenters. The molecule has 0 bridgehead atoms. The Kier molecular flexibility index (Phi) is 2.94. The molecule has 2 aromatic heterocycles. The molecule has 0 atom stereocenters. The van der Waals surface area contributed by atoms with Gasteiger partial charge in [0.15, 0.2) is 5.82 Å². The predicted molar refractivity (Wildman–Crippen MR) is 61.2 cm³/mol. The van der Waals surface area contributed by atoms with E-state index in [0.717, 1.165) is 22.8 Å². The van der Waals surface area contributed by atoms with E-state index < -0.39 is 0 Å². The van der Waals surface area contributed by atoms with E-state index in [0.29, 0.717) is 12.5 Å². The number of H-pyrrole nitrogens is 1. The fourth-order valence-electron chi connectivity index (χ4n) is 1.38. The molecule has 16 heavy (non-hydrogen) atoms. The van der Waals surface area contributed by atoms with E-state index in [1.54, 1.807) is 0 Å². The van der Waals surface area contributed by atoms with E-state index in [1.807, 2.05) is 19.2 Å². The van der Waals surface area contributed by atoms with E-state index in [-0.39, 0.29) is 0 Å². The highest BCUT2D eigenvalue weighted by molar-refractivity contribution is 5.36. The summed E-state index contributed by atoms with van der Waals surface area (Å²) in [6.07, 6.45) is 1.81. The van der Waals surface area contributed by atoms with Gasteiger partial charge in [-0.25, -0.2) is 0 Å². The van der Waals surface area contributed by atoms with Crippen LogP contribution in [0.5, 0.6) is 0 Å². The first-order valence-electron chi connectivity index (χ1n) is 5.36. The van der Waals surface area contributed by atoms with Crippen LogP contribution in [-0.2, 0) is 6.54 Å². The smallest absolute Gasteiger partial charge is 0.169 e. The van der Waals surface area contributed by atoms with Crippen molar-refractivity contribution in [2.24, 2.45) is 0 Å². The van der Waals surface area contributed by atoms with Gasteiger partial charge in [-0.15, -0.1) is 0 Å². The first-order valence-corrected chi connectivity index (χ1v) is 5.36. The molecule has 0 aliphatic carbocycles. The number of nitrogens with zero attached hydrogens (tertiary/aromatic N) is 2. The van der Waals surface area contributed by atoms with Crippen molar-refractivity contribution in [2.45, 2.75) is 33.2 Å². The van der Waals surface area contributed by atoms with Gasteiger partial charge in [0, 0.05) is 29.8 Å². The topological polar surface area (TPSA) is 66.7 Å². The largest absolute Gasteiger partial charge is 0.363 e. The lowest BCUT2D eigenvalue weighted by Gasteiger charge is -1.99. The first-order chi connectivity index (χ1) is 7.66. The Morgan fingerprint density at radius 3 is 2.88 bits per heavy atom. The third kappa shape index (κ3) is 2.24. The number of rotatable bonds is 4. The number of aryl methyl sites for hydroxylation is 1. The molecule has 86 valence electrons. The van der Waals surface area contributed by atoms with Crippen LogP contribution >= 0.6 is 0 Å². The lowest BCUT2D eigenvalue weighted by Crippen LogP contribution is -1.99. The van der Waals surface area contributed by atoms with Crippen molar-refractivity contribution in [3.63, 3.8) is 0 Å². The van der Waals surface area contributed by atoms with Crippen LogP contribution in [0.3, 0.4) is 0 Å². The Balaban J connectivity index is 1.97. The third-order valence-electron chi connectivity index (χ3n) is 2.49. The van der Waals surface area contributed by atoms with Gasteiger partial charge in [-0.3, -0.25) is 5.10 Å². The highest BCUT2D eigenvalue weighted by Crippen LogP contribution is 2.18. The molecule has 0 saturated carbocycles. The second kappa shape index (κ2) is 4.38. The second-order valence-electron chi connectivity index (χ2n) is 4.14. The molecule has 0 fully saturated rings. The molecular weight excluding hydrogens is 204 g/mol.